The Morgan fingerprint density at radius 3 is 2.50 bits per heavy atom. The summed E-state index contributed by atoms with van der Waals surface area (Å²) in [6.07, 6.45) is 5.73. The zero-order chi connectivity index (χ0) is 14.8. The van der Waals surface area contributed by atoms with Crippen LogP contribution in [0.25, 0.3) is 0 Å². The Balaban J connectivity index is 2.08. The maximum atomic E-state index is 6.67. The molecule has 0 unspecified atom stereocenters. The average molecular weight is 275 g/mol. The van der Waals surface area contributed by atoms with E-state index in [1.54, 1.807) is 7.11 Å². The highest BCUT2D eigenvalue weighted by atomic mass is 16.5. The molecular weight excluding hydrogens is 246 g/mol. The lowest BCUT2D eigenvalue weighted by molar-refractivity contribution is 0.193. The Labute approximate surface area is 123 Å². The fourth-order valence-corrected chi connectivity index (χ4v) is 3.48. The van der Waals surface area contributed by atoms with Crippen LogP contribution in [0.2, 0.25) is 0 Å². The van der Waals surface area contributed by atoms with Crippen LogP contribution in [-0.4, -0.2) is 12.6 Å². The van der Waals surface area contributed by atoms with Crippen molar-refractivity contribution < 1.29 is 4.74 Å². The third kappa shape index (κ3) is 3.54. The Morgan fingerprint density at radius 1 is 1.30 bits per heavy atom. The van der Waals surface area contributed by atoms with Crippen molar-refractivity contribution in [3.63, 3.8) is 0 Å². The number of ether oxygens (including phenoxy) is 1. The van der Waals surface area contributed by atoms with Gasteiger partial charge in [0.25, 0.3) is 0 Å². The average Bonchev–Trinajstić information content (AvgIpc) is 2.39. The van der Waals surface area contributed by atoms with Crippen LogP contribution in [0.1, 0.15) is 50.7 Å². The van der Waals surface area contributed by atoms with Gasteiger partial charge in [0.2, 0.25) is 0 Å². The van der Waals surface area contributed by atoms with Gasteiger partial charge in [-0.1, -0.05) is 31.5 Å². The lowest BCUT2D eigenvalue weighted by atomic mass is 9.71. The van der Waals surface area contributed by atoms with E-state index in [2.05, 4.69) is 39.0 Å². The van der Waals surface area contributed by atoms with E-state index in [4.69, 9.17) is 10.5 Å². The van der Waals surface area contributed by atoms with Crippen molar-refractivity contribution in [3.05, 3.63) is 29.3 Å². The third-order valence-corrected chi connectivity index (χ3v) is 4.95. The van der Waals surface area contributed by atoms with Crippen LogP contribution >= 0.6 is 0 Å². The number of aryl methyl sites for hydroxylation is 1. The second-order valence-electron chi connectivity index (χ2n) is 6.94. The van der Waals surface area contributed by atoms with Crippen LogP contribution < -0.4 is 10.5 Å². The molecule has 112 valence electrons. The molecule has 0 amide bonds. The number of rotatable bonds is 4. The fraction of sp³-hybridized carbons (Fsp3) is 0.667. The lowest BCUT2D eigenvalue weighted by Gasteiger charge is -2.39. The van der Waals surface area contributed by atoms with Crippen molar-refractivity contribution in [1.82, 2.24) is 0 Å². The fourth-order valence-electron chi connectivity index (χ4n) is 3.48. The molecule has 1 fully saturated rings. The highest BCUT2D eigenvalue weighted by molar-refractivity contribution is 5.38. The Kier molecular flexibility index (Phi) is 4.74. The van der Waals surface area contributed by atoms with Crippen LogP contribution in [-0.2, 0) is 6.42 Å². The molecule has 2 nitrogen and oxygen atoms in total. The molecule has 0 bridgehead atoms. The van der Waals surface area contributed by atoms with E-state index < -0.39 is 0 Å². The summed E-state index contributed by atoms with van der Waals surface area (Å²) in [6.45, 7) is 6.79. The predicted octanol–water partition coefficient (Wildman–Crippen LogP) is 4.09. The maximum Gasteiger partial charge on any atom is 0.122 e. The standard InChI is InChI=1S/C18H29NO/c1-13(2)15-7-9-18(19,10-8-15)12-16-11-14(3)5-6-17(16)20-4/h5-6,11,13,15H,7-10,12,19H2,1-4H3. The Hall–Kier alpha value is -1.02. The molecule has 1 aliphatic rings. The van der Waals surface area contributed by atoms with Gasteiger partial charge in [-0.05, 0) is 62.5 Å². The van der Waals surface area contributed by atoms with Crippen molar-refractivity contribution >= 4 is 0 Å². The largest absolute Gasteiger partial charge is 0.496 e. The molecule has 2 rings (SSSR count). The van der Waals surface area contributed by atoms with Crippen LogP contribution in [0.15, 0.2) is 18.2 Å². The summed E-state index contributed by atoms with van der Waals surface area (Å²) < 4.78 is 5.49. The molecule has 0 heterocycles. The van der Waals surface area contributed by atoms with E-state index in [-0.39, 0.29) is 5.54 Å². The Bertz CT molecular complexity index is 445. The maximum absolute atomic E-state index is 6.67. The molecule has 0 atom stereocenters. The molecule has 1 aromatic rings. The summed E-state index contributed by atoms with van der Waals surface area (Å²) in [5, 5.41) is 0. The van der Waals surface area contributed by atoms with Crippen molar-refractivity contribution in [2.24, 2.45) is 17.6 Å². The lowest BCUT2D eigenvalue weighted by Crippen LogP contribution is -2.45. The zero-order valence-corrected chi connectivity index (χ0v) is 13.4. The van der Waals surface area contributed by atoms with Crippen LogP contribution in [0.3, 0.4) is 0 Å². The molecule has 2 heteroatoms. The quantitative estimate of drug-likeness (QED) is 0.898. The number of nitrogens with two attached hydrogens (primary N) is 1. The SMILES string of the molecule is COc1ccc(C)cc1CC1(N)CCC(C(C)C)CC1. The second-order valence-corrected chi connectivity index (χ2v) is 6.94. The minimum atomic E-state index is -0.0491. The predicted molar refractivity (Wildman–Crippen MR) is 85.1 cm³/mol. The zero-order valence-electron chi connectivity index (χ0n) is 13.4. The molecule has 1 saturated carbocycles. The van der Waals surface area contributed by atoms with Gasteiger partial charge in [-0.15, -0.1) is 0 Å². The van der Waals surface area contributed by atoms with E-state index in [1.165, 1.54) is 24.0 Å². The molecule has 0 aromatic heterocycles. The number of benzene rings is 1. The minimum absolute atomic E-state index is 0.0491. The molecule has 0 saturated heterocycles. The highest BCUT2D eigenvalue weighted by Gasteiger charge is 2.33. The summed E-state index contributed by atoms with van der Waals surface area (Å²) in [4.78, 5) is 0. The highest BCUT2D eigenvalue weighted by Crippen LogP contribution is 2.37. The van der Waals surface area contributed by atoms with Gasteiger partial charge in [0.15, 0.2) is 0 Å². The first-order chi connectivity index (χ1) is 9.43. The van der Waals surface area contributed by atoms with E-state index in [0.717, 1.165) is 36.8 Å². The first-order valence-corrected chi connectivity index (χ1v) is 7.86. The van der Waals surface area contributed by atoms with Gasteiger partial charge in [-0.2, -0.15) is 0 Å². The van der Waals surface area contributed by atoms with Gasteiger partial charge in [-0.25, -0.2) is 0 Å². The van der Waals surface area contributed by atoms with E-state index in [9.17, 15) is 0 Å². The normalized spacial score (nSPS) is 26.8. The Morgan fingerprint density at radius 2 is 1.95 bits per heavy atom. The van der Waals surface area contributed by atoms with Gasteiger partial charge in [-0.3, -0.25) is 0 Å². The molecule has 0 spiro atoms. The van der Waals surface area contributed by atoms with Crippen molar-refractivity contribution in [1.29, 1.82) is 0 Å². The molecule has 0 radical (unpaired) electrons. The molecule has 1 aliphatic carbocycles. The van der Waals surface area contributed by atoms with Gasteiger partial charge < -0.3 is 10.5 Å². The number of hydrogen-bond acceptors (Lipinski definition) is 2. The van der Waals surface area contributed by atoms with Gasteiger partial charge >= 0.3 is 0 Å². The number of hydrogen-bond donors (Lipinski definition) is 1. The topological polar surface area (TPSA) is 35.2 Å². The van der Waals surface area contributed by atoms with Crippen molar-refractivity contribution in [2.75, 3.05) is 7.11 Å². The third-order valence-electron chi connectivity index (χ3n) is 4.95. The van der Waals surface area contributed by atoms with Gasteiger partial charge in [0.05, 0.1) is 7.11 Å². The smallest absolute Gasteiger partial charge is 0.122 e. The molecule has 2 N–H and O–H groups in total. The van der Waals surface area contributed by atoms with Gasteiger partial charge in [0, 0.05) is 5.54 Å². The van der Waals surface area contributed by atoms with Gasteiger partial charge in [0.1, 0.15) is 5.75 Å². The molecule has 1 aromatic carbocycles. The molecule has 0 aliphatic heterocycles. The van der Waals surface area contributed by atoms with E-state index >= 15 is 0 Å². The van der Waals surface area contributed by atoms with Crippen molar-refractivity contribution in [2.45, 2.75) is 58.4 Å². The summed E-state index contributed by atoms with van der Waals surface area (Å²) in [5.41, 5.74) is 9.16. The van der Waals surface area contributed by atoms with Crippen molar-refractivity contribution in [3.8, 4) is 5.75 Å². The molecular formula is C18H29NO. The van der Waals surface area contributed by atoms with Crippen LogP contribution in [0.5, 0.6) is 5.75 Å². The molecule has 20 heavy (non-hydrogen) atoms. The second kappa shape index (κ2) is 6.17. The van der Waals surface area contributed by atoms with E-state index in [1.807, 2.05) is 0 Å². The summed E-state index contributed by atoms with van der Waals surface area (Å²) in [7, 11) is 1.74. The number of methoxy groups -OCH3 is 1. The monoisotopic (exact) mass is 275 g/mol. The van der Waals surface area contributed by atoms with Crippen LogP contribution in [0.4, 0.5) is 0 Å². The summed E-state index contributed by atoms with van der Waals surface area (Å²) in [6, 6.07) is 6.39. The summed E-state index contributed by atoms with van der Waals surface area (Å²) in [5.74, 6) is 2.62. The van der Waals surface area contributed by atoms with E-state index in [0.29, 0.717) is 0 Å². The minimum Gasteiger partial charge on any atom is -0.496 e. The first-order valence-electron chi connectivity index (χ1n) is 7.86. The van der Waals surface area contributed by atoms with Crippen LogP contribution in [0, 0.1) is 18.8 Å². The first kappa shape index (κ1) is 15.4. The summed E-state index contributed by atoms with van der Waals surface area (Å²) >= 11 is 0.